The molecule has 0 bridgehead atoms. The number of rotatable bonds is 1. The molecule has 19 heavy (non-hydrogen) atoms. The lowest BCUT2D eigenvalue weighted by Gasteiger charge is -2.13. The Morgan fingerprint density at radius 1 is 1.21 bits per heavy atom. The van der Waals surface area contributed by atoms with Crippen molar-refractivity contribution < 1.29 is 0 Å². The summed E-state index contributed by atoms with van der Waals surface area (Å²) in [6.45, 7) is 1.88. The third-order valence-electron chi connectivity index (χ3n) is 3.73. The van der Waals surface area contributed by atoms with Gasteiger partial charge < -0.3 is 10.3 Å². The first-order chi connectivity index (χ1) is 9.34. The summed E-state index contributed by atoms with van der Waals surface area (Å²) >= 11 is 6.20. The fourth-order valence-corrected chi connectivity index (χ4v) is 2.99. The Kier molecular flexibility index (Phi) is 2.40. The minimum Gasteiger partial charge on any atom is -0.360 e. The predicted octanol–water partition coefficient (Wildman–Crippen LogP) is 2.86. The van der Waals surface area contributed by atoms with Gasteiger partial charge in [-0.3, -0.25) is 5.10 Å². The Balaban J connectivity index is 1.98. The molecule has 0 saturated heterocycles. The molecule has 2 aromatic heterocycles. The van der Waals surface area contributed by atoms with Crippen LogP contribution >= 0.6 is 11.6 Å². The van der Waals surface area contributed by atoms with Crippen LogP contribution in [0.25, 0.3) is 22.2 Å². The molecule has 0 amide bonds. The molecule has 4 rings (SSSR count). The zero-order chi connectivity index (χ0) is 12.8. The van der Waals surface area contributed by atoms with Crippen molar-refractivity contribution in [3.8, 4) is 11.3 Å². The molecule has 3 heterocycles. The number of hydrogen-bond donors (Lipinski definition) is 3. The van der Waals surface area contributed by atoms with Crippen molar-refractivity contribution in [1.82, 2.24) is 20.5 Å². The molecule has 96 valence electrons. The summed E-state index contributed by atoms with van der Waals surface area (Å²) in [4.78, 5) is 3.18. The summed E-state index contributed by atoms with van der Waals surface area (Å²) in [5.41, 5.74) is 5.65. The van der Waals surface area contributed by atoms with Crippen molar-refractivity contribution in [2.24, 2.45) is 0 Å². The van der Waals surface area contributed by atoms with E-state index in [1.807, 2.05) is 24.4 Å². The van der Waals surface area contributed by atoms with Gasteiger partial charge in [0.15, 0.2) is 0 Å². The van der Waals surface area contributed by atoms with Gasteiger partial charge >= 0.3 is 0 Å². The first-order valence-electron chi connectivity index (χ1n) is 6.37. The van der Waals surface area contributed by atoms with Crippen LogP contribution in [0.3, 0.4) is 0 Å². The predicted molar refractivity (Wildman–Crippen MR) is 76.3 cm³/mol. The van der Waals surface area contributed by atoms with Gasteiger partial charge in [-0.15, -0.1) is 0 Å². The molecule has 0 spiro atoms. The van der Waals surface area contributed by atoms with Crippen molar-refractivity contribution in [3.05, 3.63) is 40.7 Å². The van der Waals surface area contributed by atoms with Gasteiger partial charge in [0.1, 0.15) is 0 Å². The summed E-state index contributed by atoms with van der Waals surface area (Å²) in [6.07, 6.45) is 2.92. The number of benzene rings is 1. The van der Waals surface area contributed by atoms with Gasteiger partial charge in [-0.25, -0.2) is 0 Å². The zero-order valence-electron chi connectivity index (χ0n) is 10.3. The SMILES string of the molecule is Clc1ccc(-c2n[nH]c3c2CNCC3)c2cc[nH]c12. The van der Waals surface area contributed by atoms with Gasteiger partial charge in [-0.05, 0) is 12.1 Å². The first kappa shape index (κ1) is 11.1. The Morgan fingerprint density at radius 2 is 2.16 bits per heavy atom. The van der Waals surface area contributed by atoms with Crippen LogP contribution in [-0.2, 0) is 13.0 Å². The normalized spacial score (nSPS) is 14.8. The Labute approximate surface area is 115 Å². The highest BCUT2D eigenvalue weighted by Gasteiger charge is 2.19. The topological polar surface area (TPSA) is 56.5 Å². The maximum Gasteiger partial charge on any atom is 0.0975 e. The van der Waals surface area contributed by atoms with Crippen LogP contribution < -0.4 is 5.32 Å². The number of fused-ring (bicyclic) bond motifs is 2. The third-order valence-corrected chi connectivity index (χ3v) is 4.05. The van der Waals surface area contributed by atoms with Gasteiger partial charge in [0, 0.05) is 47.9 Å². The molecule has 1 aromatic carbocycles. The van der Waals surface area contributed by atoms with Crippen LogP contribution in [-0.4, -0.2) is 21.7 Å². The Morgan fingerprint density at radius 3 is 3.11 bits per heavy atom. The molecule has 0 fully saturated rings. The molecule has 1 aliphatic heterocycles. The van der Waals surface area contributed by atoms with Gasteiger partial charge in [0.25, 0.3) is 0 Å². The number of hydrogen-bond acceptors (Lipinski definition) is 2. The molecule has 0 saturated carbocycles. The van der Waals surface area contributed by atoms with Crippen molar-refractivity contribution >= 4 is 22.5 Å². The van der Waals surface area contributed by atoms with Crippen molar-refractivity contribution in [1.29, 1.82) is 0 Å². The van der Waals surface area contributed by atoms with Gasteiger partial charge in [0.05, 0.1) is 16.2 Å². The van der Waals surface area contributed by atoms with E-state index in [9.17, 15) is 0 Å². The van der Waals surface area contributed by atoms with E-state index < -0.39 is 0 Å². The highest BCUT2D eigenvalue weighted by Crippen LogP contribution is 2.34. The summed E-state index contributed by atoms with van der Waals surface area (Å²) in [5.74, 6) is 0. The third kappa shape index (κ3) is 1.60. The fourth-order valence-electron chi connectivity index (χ4n) is 2.78. The van der Waals surface area contributed by atoms with Crippen LogP contribution in [0.5, 0.6) is 0 Å². The minimum absolute atomic E-state index is 0.742. The zero-order valence-corrected chi connectivity index (χ0v) is 11.0. The second-order valence-electron chi connectivity index (χ2n) is 4.82. The molecule has 0 radical (unpaired) electrons. The lowest BCUT2D eigenvalue weighted by molar-refractivity contribution is 0.637. The smallest absolute Gasteiger partial charge is 0.0975 e. The lowest BCUT2D eigenvalue weighted by atomic mass is 10.00. The monoisotopic (exact) mass is 272 g/mol. The number of halogens is 1. The van der Waals surface area contributed by atoms with Crippen LogP contribution in [0.1, 0.15) is 11.3 Å². The van der Waals surface area contributed by atoms with Crippen LogP contribution in [0.2, 0.25) is 5.02 Å². The molecule has 5 heteroatoms. The molecule has 3 N–H and O–H groups in total. The van der Waals surface area contributed by atoms with Crippen LogP contribution in [0.4, 0.5) is 0 Å². The van der Waals surface area contributed by atoms with E-state index in [0.717, 1.165) is 46.7 Å². The molecule has 0 unspecified atom stereocenters. The van der Waals surface area contributed by atoms with Gasteiger partial charge in [-0.1, -0.05) is 17.7 Å². The molecule has 3 aromatic rings. The number of aromatic nitrogens is 3. The highest BCUT2D eigenvalue weighted by atomic mass is 35.5. The molecule has 0 atom stereocenters. The van der Waals surface area contributed by atoms with E-state index in [-0.39, 0.29) is 0 Å². The molecule has 1 aliphatic rings. The van der Waals surface area contributed by atoms with Gasteiger partial charge in [0.2, 0.25) is 0 Å². The van der Waals surface area contributed by atoms with Crippen LogP contribution in [0, 0.1) is 0 Å². The highest BCUT2D eigenvalue weighted by molar-refractivity contribution is 6.35. The number of H-pyrrole nitrogens is 2. The molecular weight excluding hydrogens is 260 g/mol. The van der Waals surface area contributed by atoms with E-state index in [4.69, 9.17) is 11.6 Å². The maximum absolute atomic E-state index is 6.20. The standard InChI is InChI=1S/C14H13ClN4/c15-11-2-1-8(9-3-6-17-14(9)11)13-10-7-16-5-4-12(10)18-19-13/h1-3,6,16-17H,4-5,7H2,(H,18,19). The van der Waals surface area contributed by atoms with Gasteiger partial charge in [-0.2, -0.15) is 5.10 Å². The van der Waals surface area contributed by atoms with E-state index in [2.05, 4.69) is 20.5 Å². The molecule has 4 nitrogen and oxygen atoms in total. The quantitative estimate of drug-likeness (QED) is 0.638. The van der Waals surface area contributed by atoms with E-state index in [1.54, 1.807) is 0 Å². The Bertz CT molecular complexity index is 756. The van der Waals surface area contributed by atoms with Crippen molar-refractivity contribution in [3.63, 3.8) is 0 Å². The summed E-state index contributed by atoms with van der Waals surface area (Å²) in [7, 11) is 0. The fraction of sp³-hybridized carbons (Fsp3) is 0.214. The number of aromatic amines is 2. The molecular formula is C14H13ClN4. The van der Waals surface area contributed by atoms with Crippen LogP contribution in [0.15, 0.2) is 24.4 Å². The number of nitrogens with one attached hydrogen (secondary N) is 3. The van der Waals surface area contributed by atoms with Crippen molar-refractivity contribution in [2.75, 3.05) is 6.54 Å². The summed E-state index contributed by atoms with van der Waals surface area (Å²) in [5, 5.41) is 12.9. The first-order valence-corrected chi connectivity index (χ1v) is 6.75. The van der Waals surface area contributed by atoms with E-state index in [0.29, 0.717) is 0 Å². The average Bonchev–Trinajstić information content (AvgIpc) is 3.06. The minimum atomic E-state index is 0.742. The summed E-state index contributed by atoms with van der Waals surface area (Å²) in [6, 6.07) is 6.02. The maximum atomic E-state index is 6.20. The van der Waals surface area contributed by atoms with Crippen molar-refractivity contribution in [2.45, 2.75) is 13.0 Å². The van der Waals surface area contributed by atoms with E-state index >= 15 is 0 Å². The average molecular weight is 273 g/mol. The number of nitrogens with zero attached hydrogens (tertiary/aromatic N) is 1. The second-order valence-corrected chi connectivity index (χ2v) is 5.22. The summed E-state index contributed by atoms with van der Waals surface area (Å²) < 4.78 is 0. The lowest BCUT2D eigenvalue weighted by Crippen LogP contribution is -2.23. The van der Waals surface area contributed by atoms with E-state index in [1.165, 1.54) is 11.3 Å². The Hall–Kier alpha value is -1.78. The second kappa shape index (κ2) is 4.11. The largest absolute Gasteiger partial charge is 0.360 e. The molecule has 0 aliphatic carbocycles.